The highest BCUT2D eigenvalue weighted by Crippen LogP contribution is 2.46. The van der Waals surface area contributed by atoms with Gasteiger partial charge in [0.1, 0.15) is 41.6 Å². The van der Waals surface area contributed by atoms with Crippen molar-refractivity contribution in [3.8, 4) is 17.0 Å². The number of amides is 6. The van der Waals surface area contributed by atoms with Crippen LogP contribution in [0.15, 0.2) is 60.7 Å². The first-order chi connectivity index (χ1) is 30.1. The fourth-order valence-electron chi connectivity index (χ4n) is 8.60. The number of rotatable bonds is 11. The number of nitrogens with zero attached hydrogens (tertiary/aromatic N) is 3. The molecule has 18 heteroatoms. The molecule has 6 amide bonds. The summed E-state index contributed by atoms with van der Waals surface area (Å²) in [4.78, 5) is 81.7. The van der Waals surface area contributed by atoms with Crippen LogP contribution in [0.3, 0.4) is 0 Å². The molecule has 0 saturated carbocycles. The van der Waals surface area contributed by atoms with E-state index in [1.165, 1.54) is 36.2 Å². The van der Waals surface area contributed by atoms with Crippen molar-refractivity contribution in [2.24, 2.45) is 11.8 Å². The largest absolute Gasteiger partial charge is 0.465 e. The minimum atomic E-state index is -1.06. The second-order valence-electron chi connectivity index (χ2n) is 16.6. The fraction of sp³-hybridized carbons (Fsp3) is 0.422. The highest BCUT2D eigenvalue weighted by atomic mass is 19.1. The van der Waals surface area contributed by atoms with Crippen LogP contribution in [-0.2, 0) is 28.7 Å². The quantitative estimate of drug-likeness (QED) is 0.137. The number of carbonyl (C=O) groups excluding carboxylic acids is 6. The third kappa shape index (κ3) is 9.11. The third-order valence-corrected chi connectivity index (χ3v) is 11.7. The molecule has 2 saturated heterocycles. The molecule has 334 valence electrons. The molecule has 63 heavy (non-hydrogen) atoms. The molecule has 4 aromatic rings. The average molecular weight is 872 g/mol. The van der Waals surface area contributed by atoms with Crippen molar-refractivity contribution in [2.45, 2.75) is 83.8 Å². The Morgan fingerprint density at radius 2 is 1.19 bits per heavy atom. The first-order valence-corrected chi connectivity index (χ1v) is 20.9. The number of ether oxygens (including phenoxy) is 3. The monoisotopic (exact) mass is 871 g/mol. The van der Waals surface area contributed by atoms with Gasteiger partial charge in [0.25, 0.3) is 0 Å². The van der Waals surface area contributed by atoms with E-state index in [-0.39, 0.29) is 23.3 Å². The Morgan fingerprint density at radius 3 is 1.70 bits per heavy atom. The lowest BCUT2D eigenvalue weighted by Crippen LogP contribution is -2.54. The number of aromatic nitrogens is 1. The van der Waals surface area contributed by atoms with E-state index in [2.05, 4.69) is 21.3 Å². The smallest absolute Gasteiger partial charge is 0.407 e. The van der Waals surface area contributed by atoms with Crippen LogP contribution >= 0.6 is 0 Å². The van der Waals surface area contributed by atoms with Crippen molar-refractivity contribution < 1.29 is 51.8 Å². The Morgan fingerprint density at radius 1 is 0.683 bits per heavy atom. The van der Waals surface area contributed by atoms with Crippen molar-refractivity contribution in [1.82, 2.24) is 25.0 Å². The number of halogens is 2. The molecule has 4 heterocycles. The number of carbonyl (C=O) groups is 6. The lowest BCUT2D eigenvalue weighted by atomic mass is 10.0. The first kappa shape index (κ1) is 44.3. The number of hydrogen-bond acceptors (Lipinski definition) is 9. The van der Waals surface area contributed by atoms with Crippen molar-refractivity contribution in [2.75, 3.05) is 37.9 Å². The normalized spacial score (nSPS) is 18.9. The zero-order valence-corrected chi connectivity index (χ0v) is 35.8. The molecular weight excluding hydrogens is 821 g/mol. The van der Waals surface area contributed by atoms with Crippen LogP contribution in [0.4, 0.5) is 29.7 Å². The van der Waals surface area contributed by atoms with E-state index >= 15 is 0 Å². The Labute approximate surface area is 362 Å². The zero-order valence-electron chi connectivity index (χ0n) is 35.8. The van der Waals surface area contributed by atoms with Crippen molar-refractivity contribution in [1.29, 1.82) is 0 Å². The second-order valence-corrected chi connectivity index (χ2v) is 16.6. The molecule has 16 nitrogen and oxygen atoms in total. The summed E-state index contributed by atoms with van der Waals surface area (Å²) in [6, 6.07) is 11.8. The van der Waals surface area contributed by atoms with Gasteiger partial charge in [0.15, 0.2) is 0 Å². The van der Waals surface area contributed by atoms with Crippen LogP contribution in [0.25, 0.3) is 22.2 Å². The lowest BCUT2D eigenvalue weighted by Gasteiger charge is -2.31. The van der Waals surface area contributed by atoms with Gasteiger partial charge in [-0.05, 0) is 86.1 Å². The van der Waals surface area contributed by atoms with Gasteiger partial charge in [0.2, 0.25) is 29.9 Å². The number of benzene rings is 3. The molecule has 0 aliphatic carbocycles. The summed E-state index contributed by atoms with van der Waals surface area (Å²) in [6.45, 7) is 7.82. The van der Waals surface area contributed by atoms with E-state index in [0.29, 0.717) is 78.1 Å². The molecule has 3 aromatic carbocycles. The molecule has 7 rings (SSSR count). The van der Waals surface area contributed by atoms with Gasteiger partial charge in [-0.25, -0.2) is 18.4 Å². The van der Waals surface area contributed by atoms with Crippen molar-refractivity contribution >= 4 is 58.1 Å². The Balaban J connectivity index is 1.16. The minimum absolute atomic E-state index is 0.177. The van der Waals surface area contributed by atoms with Crippen LogP contribution in [0.2, 0.25) is 0 Å². The SMILES string of the molecule is COC(=O)N[C@H](C(=O)N1CCC[C@H]1C(=O)Nc1ccc2c(c1)O[C@@H](c1cc(F)cc(F)c1)n1c-2cc2cc(NC(=O)[C@@H]3CCCN3C(=O)[C@@H](NC(=O)OC)C(C)C)ccc21)C(C)C. The van der Waals surface area contributed by atoms with Crippen LogP contribution < -0.4 is 26.0 Å². The predicted octanol–water partition coefficient (Wildman–Crippen LogP) is 6.15. The van der Waals surface area contributed by atoms with Crippen molar-refractivity contribution in [3.05, 3.63) is 77.9 Å². The molecule has 0 bridgehead atoms. The molecule has 2 fully saturated rings. The minimum Gasteiger partial charge on any atom is -0.465 e. The van der Waals surface area contributed by atoms with Crippen LogP contribution in [0.5, 0.6) is 5.75 Å². The van der Waals surface area contributed by atoms with Gasteiger partial charge < -0.3 is 49.8 Å². The zero-order chi connectivity index (χ0) is 45.3. The van der Waals surface area contributed by atoms with Gasteiger partial charge in [0, 0.05) is 53.1 Å². The Bertz CT molecular complexity index is 2440. The maximum Gasteiger partial charge on any atom is 0.407 e. The van der Waals surface area contributed by atoms with Gasteiger partial charge in [0.05, 0.1) is 25.4 Å². The van der Waals surface area contributed by atoms with E-state index in [1.807, 2.05) is 6.07 Å². The standard InChI is InChI=1S/C45H51F2N7O9/c1-23(2)37(50-44(59)61-5)41(57)52-15-7-9-33(52)39(55)48-29-12-14-32-25(19-29)20-35-31-13-11-30(22-36(31)63-43(54(32)35)26-17-27(46)21-28(47)18-26)49-40(56)34-10-8-16-53(34)42(58)38(24(3)4)51-45(60)62-6/h11-14,17-24,33-34,37-38,43H,7-10,15-16H2,1-6H3,(H,48,55)(H,49,56)(H,50,59)(H,51,60)/t33-,34-,37-,38-,43-/m0/s1. The highest BCUT2D eigenvalue weighted by Gasteiger charge is 2.41. The molecule has 0 unspecified atom stereocenters. The van der Waals surface area contributed by atoms with Crippen LogP contribution in [0, 0.1) is 23.5 Å². The molecule has 3 aliphatic rings. The summed E-state index contributed by atoms with van der Waals surface area (Å²) in [5.41, 5.74) is 2.82. The molecular formula is C45H51F2N7O9. The lowest BCUT2D eigenvalue weighted by molar-refractivity contribution is -0.139. The fourth-order valence-corrected chi connectivity index (χ4v) is 8.60. The van der Waals surface area contributed by atoms with E-state index < -0.39 is 71.9 Å². The topological polar surface area (TPSA) is 190 Å². The van der Waals surface area contributed by atoms with Gasteiger partial charge >= 0.3 is 12.2 Å². The summed E-state index contributed by atoms with van der Waals surface area (Å²) in [5.74, 6) is -3.47. The summed E-state index contributed by atoms with van der Waals surface area (Å²) in [7, 11) is 2.42. The van der Waals surface area contributed by atoms with E-state index in [4.69, 9.17) is 14.2 Å². The van der Waals surface area contributed by atoms with Gasteiger partial charge in [-0.3, -0.25) is 19.2 Å². The predicted molar refractivity (Wildman–Crippen MR) is 228 cm³/mol. The van der Waals surface area contributed by atoms with E-state index in [9.17, 15) is 37.5 Å². The number of methoxy groups -OCH3 is 2. The summed E-state index contributed by atoms with van der Waals surface area (Å²) in [6.07, 6.45) is -0.558. The third-order valence-electron chi connectivity index (χ3n) is 11.7. The number of fused-ring (bicyclic) bond motifs is 5. The van der Waals surface area contributed by atoms with Gasteiger partial charge in [-0.15, -0.1) is 0 Å². The maximum atomic E-state index is 14.8. The molecule has 4 N–H and O–H groups in total. The highest BCUT2D eigenvalue weighted by molar-refractivity contribution is 6.02. The number of hydrogen-bond donors (Lipinski definition) is 4. The number of nitrogens with one attached hydrogen (secondary N) is 4. The molecule has 0 spiro atoms. The Kier molecular flexibility index (Phi) is 12.9. The first-order valence-electron chi connectivity index (χ1n) is 20.9. The number of anilines is 2. The number of likely N-dealkylation sites (tertiary alicyclic amines) is 2. The van der Waals surface area contributed by atoms with Crippen LogP contribution in [0.1, 0.15) is 65.2 Å². The van der Waals surface area contributed by atoms with Gasteiger partial charge in [-0.2, -0.15) is 0 Å². The second kappa shape index (κ2) is 18.3. The molecule has 0 radical (unpaired) electrons. The van der Waals surface area contributed by atoms with Crippen LogP contribution in [-0.4, -0.2) is 102 Å². The summed E-state index contributed by atoms with van der Waals surface area (Å²) in [5, 5.41) is 11.7. The molecule has 5 atom stereocenters. The molecule has 3 aliphatic heterocycles. The number of alkyl carbamates (subject to hydrolysis) is 2. The average Bonchev–Trinajstić information content (AvgIpc) is 4.02. The summed E-state index contributed by atoms with van der Waals surface area (Å²) < 4.78 is 47.2. The maximum absolute atomic E-state index is 14.8. The van der Waals surface area contributed by atoms with Gasteiger partial charge in [-0.1, -0.05) is 27.7 Å². The molecule has 1 aromatic heterocycles. The van der Waals surface area contributed by atoms with E-state index in [1.54, 1.807) is 68.7 Å². The van der Waals surface area contributed by atoms with E-state index in [0.717, 1.165) is 6.07 Å². The van der Waals surface area contributed by atoms with Crippen molar-refractivity contribution in [3.63, 3.8) is 0 Å². The summed E-state index contributed by atoms with van der Waals surface area (Å²) >= 11 is 0. The Hall–Kier alpha value is -6.72.